The van der Waals surface area contributed by atoms with Crippen LogP contribution in [0, 0.1) is 0 Å². The fourth-order valence-corrected chi connectivity index (χ4v) is 1.53. The zero-order valence-corrected chi connectivity index (χ0v) is 10.6. The molecule has 0 atom stereocenters. The van der Waals surface area contributed by atoms with Crippen LogP contribution in [0.25, 0.3) is 11.5 Å². The highest BCUT2D eigenvalue weighted by Crippen LogP contribution is 2.30. The van der Waals surface area contributed by atoms with Crippen molar-refractivity contribution in [1.82, 2.24) is 4.98 Å². The number of nitrogens with zero attached hydrogens (tertiary/aromatic N) is 1. The van der Waals surface area contributed by atoms with Crippen molar-refractivity contribution in [3.8, 4) is 28.9 Å². The number of ether oxygens (including phenoxy) is 3. The second kappa shape index (κ2) is 5.44. The van der Waals surface area contributed by atoms with Crippen molar-refractivity contribution < 1.29 is 18.6 Å². The minimum absolute atomic E-state index is 0.397. The Kier molecular flexibility index (Phi) is 3.72. The van der Waals surface area contributed by atoms with Gasteiger partial charge in [0, 0.05) is 11.6 Å². The second-order valence-corrected chi connectivity index (χ2v) is 3.52. The molecule has 2 rings (SSSR count). The molecule has 5 nitrogen and oxygen atoms in total. The Bertz CT molecular complexity index is 499. The maximum absolute atomic E-state index is 5.46. The molecule has 0 aliphatic carbocycles. The maximum Gasteiger partial charge on any atom is 0.305 e. The van der Waals surface area contributed by atoms with Gasteiger partial charge in [0.1, 0.15) is 17.7 Å². The van der Waals surface area contributed by atoms with Gasteiger partial charge in [-0.15, -0.1) is 0 Å². The third kappa shape index (κ3) is 2.56. The van der Waals surface area contributed by atoms with Crippen LogP contribution in [0.5, 0.6) is 17.4 Å². The summed E-state index contributed by atoms with van der Waals surface area (Å²) in [6.45, 7) is 2.42. The van der Waals surface area contributed by atoms with Gasteiger partial charge in [-0.2, -0.15) is 0 Å². The van der Waals surface area contributed by atoms with Crippen LogP contribution in [0.3, 0.4) is 0 Å². The predicted molar refractivity (Wildman–Crippen MR) is 66.2 cm³/mol. The summed E-state index contributed by atoms with van der Waals surface area (Å²) in [6.07, 6.45) is 1.55. The van der Waals surface area contributed by atoms with Gasteiger partial charge in [-0.1, -0.05) is 0 Å². The molecule has 0 aliphatic rings. The molecule has 0 amide bonds. The fraction of sp³-hybridized carbons (Fsp3) is 0.308. The molecule has 0 saturated heterocycles. The first-order valence-corrected chi connectivity index (χ1v) is 5.59. The summed E-state index contributed by atoms with van der Waals surface area (Å²) in [5, 5.41) is 0. The van der Waals surface area contributed by atoms with E-state index in [-0.39, 0.29) is 0 Å². The predicted octanol–water partition coefficient (Wildman–Crippen LogP) is 2.76. The SMILES string of the molecule is CCOc1cnc(-c2cc(OC)cc(OC)c2)o1. The summed E-state index contributed by atoms with van der Waals surface area (Å²) in [5.74, 6) is 2.23. The lowest BCUT2D eigenvalue weighted by Crippen LogP contribution is -1.89. The third-order valence-corrected chi connectivity index (χ3v) is 2.37. The largest absolute Gasteiger partial charge is 0.497 e. The number of rotatable bonds is 5. The number of benzene rings is 1. The topological polar surface area (TPSA) is 53.7 Å². The summed E-state index contributed by atoms with van der Waals surface area (Å²) < 4.78 is 21.1. The molecule has 0 spiro atoms. The van der Waals surface area contributed by atoms with Gasteiger partial charge in [-0.05, 0) is 19.1 Å². The first-order valence-electron chi connectivity index (χ1n) is 5.59. The zero-order valence-electron chi connectivity index (χ0n) is 10.6. The molecule has 1 aromatic heterocycles. The van der Waals surface area contributed by atoms with E-state index in [1.165, 1.54) is 0 Å². The van der Waals surface area contributed by atoms with Crippen molar-refractivity contribution in [2.45, 2.75) is 6.92 Å². The molecule has 0 bridgehead atoms. The van der Waals surface area contributed by atoms with E-state index in [9.17, 15) is 0 Å². The molecule has 0 saturated carbocycles. The summed E-state index contributed by atoms with van der Waals surface area (Å²) in [6, 6.07) is 5.43. The molecule has 0 N–H and O–H groups in total. The van der Waals surface area contributed by atoms with E-state index in [2.05, 4.69) is 4.98 Å². The molecule has 0 aliphatic heterocycles. The summed E-state index contributed by atoms with van der Waals surface area (Å²) in [4.78, 5) is 4.15. The van der Waals surface area contributed by atoms with Gasteiger partial charge >= 0.3 is 5.95 Å². The van der Waals surface area contributed by atoms with Gasteiger partial charge in [0.25, 0.3) is 0 Å². The standard InChI is InChI=1S/C13H15NO4/c1-4-17-12-8-14-13(18-12)9-5-10(15-2)7-11(6-9)16-3/h5-8H,4H2,1-3H3. The lowest BCUT2D eigenvalue weighted by molar-refractivity contribution is 0.260. The number of hydrogen-bond donors (Lipinski definition) is 0. The van der Waals surface area contributed by atoms with Crippen molar-refractivity contribution in [3.05, 3.63) is 24.4 Å². The number of aromatic nitrogens is 1. The van der Waals surface area contributed by atoms with Crippen LogP contribution in [0.4, 0.5) is 0 Å². The van der Waals surface area contributed by atoms with Gasteiger partial charge in [-0.3, -0.25) is 0 Å². The Morgan fingerprint density at radius 1 is 1.11 bits per heavy atom. The minimum atomic E-state index is 0.397. The van der Waals surface area contributed by atoms with E-state index in [0.717, 1.165) is 5.56 Å². The Balaban J connectivity index is 2.35. The van der Waals surface area contributed by atoms with Crippen molar-refractivity contribution in [3.63, 3.8) is 0 Å². The van der Waals surface area contributed by atoms with Gasteiger partial charge in [0.05, 0.1) is 20.8 Å². The molecular weight excluding hydrogens is 234 g/mol. The van der Waals surface area contributed by atoms with Crippen molar-refractivity contribution >= 4 is 0 Å². The van der Waals surface area contributed by atoms with Gasteiger partial charge in [0.2, 0.25) is 5.89 Å². The van der Waals surface area contributed by atoms with Crippen molar-refractivity contribution in [1.29, 1.82) is 0 Å². The van der Waals surface area contributed by atoms with Crippen LogP contribution in [-0.2, 0) is 0 Å². The highest BCUT2D eigenvalue weighted by Gasteiger charge is 2.10. The lowest BCUT2D eigenvalue weighted by Gasteiger charge is -2.06. The number of oxazole rings is 1. The highest BCUT2D eigenvalue weighted by atomic mass is 16.6. The van der Waals surface area contributed by atoms with Crippen LogP contribution in [0.1, 0.15) is 6.92 Å². The molecule has 1 heterocycles. The molecule has 0 fully saturated rings. The Hall–Kier alpha value is -2.17. The van der Waals surface area contributed by atoms with Crippen LogP contribution < -0.4 is 14.2 Å². The van der Waals surface area contributed by atoms with Crippen LogP contribution >= 0.6 is 0 Å². The first kappa shape index (κ1) is 12.3. The van der Waals surface area contributed by atoms with Crippen molar-refractivity contribution in [2.24, 2.45) is 0 Å². The van der Waals surface area contributed by atoms with Gasteiger partial charge < -0.3 is 18.6 Å². The lowest BCUT2D eigenvalue weighted by atomic mass is 10.2. The van der Waals surface area contributed by atoms with Crippen LogP contribution in [0.2, 0.25) is 0 Å². The summed E-state index contributed by atoms with van der Waals surface area (Å²) in [7, 11) is 3.19. The van der Waals surface area contributed by atoms with E-state index in [1.807, 2.05) is 19.1 Å². The highest BCUT2D eigenvalue weighted by molar-refractivity contribution is 5.59. The quantitative estimate of drug-likeness (QED) is 0.815. The Labute approximate surface area is 105 Å². The normalized spacial score (nSPS) is 10.2. The molecule has 18 heavy (non-hydrogen) atoms. The van der Waals surface area contributed by atoms with E-state index < -0.39 is 0 Å². The first-order chi connectivity index (χ1) is 8.76. The smallest absolute Gasteiger partial charge is 0.305 e. The summed E-state index contributed by atoms with van der Waals surface area (Å²) >= 11 is 0. The van der Waals surface area contributed by atoms with Crippen LogP contribution in [0.15, 0.2) is 28.8 Å². The number of methoxy groups -OCH3 is 2. The molecule has 0 unspecified atom stereocenters. The molecule has 2 aromatic rings. The van der Waals surface area contributed by atoms with E-state index in [0.29, 0.717) is 29.9 Å². The monoisotopic (exact) mass is 249 g/mol. The van der Waals surface area contributed by atoms with Gasteiger partial charge in [0.15, 0.2) is 0 Å². The van der Waals surface area contributed by atoms with Gasteiger partial charge in [-0.25, -0.2) is 4.98 Å². The average molecular weight is 249 g/mol. The Morgan fingerprint density at radius 2 is 1.78 bits per heavy atom. The molecule has 5 heteroatoms. The maximum atomic E-state index is 5.46. The van der Waals surface area contributed by atoms with Crippen LogP contribution in [-0.4, -0.2) is 25.8 Å². The van der Waals surface area contributed by atoms with Crippen molar-refractivity contribution in [2.75, 3.05) is 20.8 Å². The third-order valence-electron chi connectivity index (χ3n) is 2.37. The molecule has 0 radical (unpaired) electrons. The van der Waals surface area contributed by atoms with E-state index in [4.69, 9.17) is 18.6 Å². The summed E-state index contributed by atoms with van der Waals surface area (Å²) in [5.41, 5.74) is 0.775. The second-order valence-electron chi connectivity index (χ2n) is 3.52. The van der Waals surface area contributed by atoms with E-state index in [1.54, 1.807) is 26.5 Å². The number of hydrogen-bond acceptors (Lipinski definition) is 5. The molecule has 96 valence electrons. The Morgan fingerprint density at radius 3 is 2.33 bits per heavy atom. The zero-order chi connectivity index (χ0) is 13.0. The minimum Gasteiger partial charge on any atom is -0.497 e. The molecule has 1 aromatic carbocycles. The molecular formula is C13H15NO4. The van der Waals surface area contributed by atoms with E-state index >= 15 is 0 Å². The average Bonchev–Trinajstić information content (AvgIpc) is 2.87. The fourth-order valence-electron chi connectivity index (χ4n) is 1.53.